The first-order valence-corrected chi connectivity index (χ1v) is 9.06. The lowest BCUT2D eigenvalue weighted by Gasteiger charge is -2.17. The van der Waals surface area contributed by atoms with Crippen molar-refractivity contribution in [3.63, 3.8) is 0 Å². The van der Waals surface area contributed by atoms with Crippen LogP contribution in [0.25, 0.3) is 0 Å². The van der Waals surface area contributed by atoms with Gasteiger partial charge >= 0.3 is 11.8 Å². The predicted molar refractivity (Wildman–Crippen MR) is 103 cm³/mol. The van der Waals surface area contributed by atoms with Crippen LogP contribution >= 0.6 is 0 Å². The largest absolute Gasteiger partial charge is 0.348 e. The number of aliphatic imine (C=N–C) groups is 2. The lowest BCUT2D eigenvalue weighted by Crippen LogP contribution is -2.37. The summed E-state index contributed by atoms with van der Waals surface area (Å²) in [5, 5.41) is 9.32. The molecule has 1 aromatic heterocycles. The molecule has 9 heteroatoms. The van der Waals surface area contributed by atoms with Crippen LogP contribution in [0.2, 0.25) is 0 Å². The number of amides is 3. The van der Waals surface area contributed by atoms with Crippen molar-refractivity contribution in [1.82, 2.24) is 15.1 Å². The fourth-order valence-corrected chi connectivity index (χ4v) is 2.65. The molecule has 2 heterocycles. The summed E-state index contributed by atoms with van der Waals surface area (Å²) in [7, 11) is 0. The monoisotopic (exact) mass is 374 g/mol. The van der Waals surface area contributed by atoms with Crippen molar-refractivity contribution in [2.45, 2.75) is 47.5 Å². The van der Waals surface area contributed by atoms with Gasteiger partial charge in [0, 0.05) is 18.3 Å². The van der Waals surface area contributed by atoms with E-state index in [0.717, 1.165) is 6.42 Å². The van der Waals surface area contributed by atoms with Crippen LogP contribution in [-0.4, -0.2) is 45.7 Å². The van der Waals surface area contributed by atoms with Crippen molar-refractivity contribution in [3.05, 3.63) is 11.8 Å². The summed E-state index contributed by atoms with van der Waals surface area (Å²) in [4.78, 5) is 44.6. The summed E-state index contributed by atoms with van der Waals surface area (Å²) in [6, 6.07) is 1.59. The number of hydrogen-bond donors (Lipinski definition) is 2. The van der Waals surface area contributed by atoms with E-state index < -0.39 is 11.8 Å². The third-order valence-electron chi connectivity index (χ3n) is 4.17. The Balaban J connectivity index is 2.16. The van der Waals surface area contributed by atoms with Crippen molar-refractivity contribution in [2.75, 3.05) is 11.9 Å². The second-order valence-electron chi connectivity index (χ2n) is 6.94. The maximum Gasteiger partial charge on any atom is 0.314 e. The molecule has 0 aromatic carbocycles. The Hall–Kier alpha value is -2.84. The van der Waals surface area contributed by atoms with Crippen LogP contribution < -0.4 is 10.6 Å². The average Bonchev–Trinajstić information content (AvgIpc) is 2.94. The van der Waals surface area contributed by atoms with Crippen LogP contribution in [-0.2, 0) is 14.4 Å². The van der Waals surface area contributed by atoms with E-state index in [1.807, 2.05) is 20.8 Å². The predicted octanol–water partition coefficient (Wildman–Crippen LogP) is 1.52. The third kappa shape index (κ3) is 5.08. The second-order valence-corrected chi connectivity index (χ2v) is 6.94. The van der Waals surface area contributed by atoms with E-state index in [9.17, 15) is 14.4 Å². The Labute approximate surface area is 158 Å². The van der Waals surface area contributed by atoms with Gasteiger partial charge in [0.15, 0.2) is 0 Å². The van der Waals surface area contributed by atoms with Crippen molar-refractivity contribution in [3.8, 4) is 0 Å². The van der Waals surface area contributed by atoms with Crippen molar-refractivity contribution in [2.24, 2.45) is 21.8 Å². The van der Waals surface area contributed by atoms with E-state index in [4.69, 9.17) is 0 Å². The number of carbonyl (C=O) groups is 3. The zero-order chi connectivity index (χ0) is 20.1. The SMILES string of the molecule is CCC1C(=O)N=C(n2nc(C)cc2NC(=O)C(=O)NCCC(C)C)N=C1C. The smallest absolute Gasteiger partial charge is 0.314 e. The van der Waals surface area contributed by atoms with Crippen molar-refractivity contribution < 1.29 is 14.4 Å². The lowest BCUT2D eigenvalue weighted by molar-refractivity contribution is -0.136. The Kier molecular flexibility index (Phi) is 6.59. The lowest BCUT2D eigenvalue weighted by atomic mass is 10.00. The van der Waals surface area contributed by atoms with Gasteiger partial charge in [0.1, 0.15) is 5.82 Å². The quantitative estimate of drug-likeness (QED) is 0.760. The zero-order valence-corrected chi connectivity index (χ0v) is 16.4. The summed E-state index contributed by atoms with van der Waals surface area (Å²) in [5.74, 6) is -1.44. The van der Waals surface area contributed by atoms with E-state index in [-0.39, 0.29) is 23.6 Å². The first-order valence-electron chi connectivity index (χ1n) is 9.06. The van der Waals surface area contributed by atoms with Gasteiger partial charge in [-0.1, -0.05) is 20.8 Å². The van der Waals surface area contributed by atoms with Crippen LogP contribution in [0.4, 0.5) is 5.82 Å². The second kappa shape index (κ2) is 8.70. The Morgan fingerprint density at radius 2 is 1.93 bits per heavy atom. The van der Waals surface area contributed by atoms with Gasteiger partial charge in [0.25, 0.3) is 11.9 Å². The molecule has 2 rings (SSSR count). The minimum absolute atomic E-state index is 0.0748. The number of nitrogens with zero attached hydrogens (tertiary/aromatic N) is 4. The minimum Gasteiger partial charge on any atom is -0.348 e. The molecule has 3 amide bonds. The number of aryl methyl sites for hydroxylation is 1. The topological polar surface area (TPSA) is 118 Å². The molecule has 1 aromatic rings. The van der Waals surface area contributed by atoms with Crippen LogP contribution in [0.1, 0.15) is 46.2 Å². The number of carbonyl (C=O) groups excluding carboxylic acids is 3. The van der Waals surface area contributed by atoms with Crippen LogP contribution in [0.3, 0.4) is 0 Å². The Bertz CT molecular complexity index is 806. The summed E-state index contributed by atoms with van der Waals surface area (Å²) < 4.78 is 1.27. The number of nitrogens with one attached hydrogen (secondary N) is 2. The molecular formula is C18H26N6O3. The van der Waals surface area contributed by atoms with E-state index in [2.05, 4.69) is 25.7 Å². The normalized spacial score (nSPS) is 16.8. The molecule has 2 N–H and O–H groups in total. The van der Waals surface area contributed by atoms with E-state index in [1.54, 1.807) is 19.9 Å². The van der Waals surface area contributed by atoms with Crippen LogP contribution in [0.5, 0.6) is 0 Å². The summed E-state index contributed by atoms with van der Waals surface area (Å²) in [6.07, 6.45) is 1.39. The molecule has 0 radical (unpaired) electrons. The highest BCUT2D eigenvalue weighted by molar-refractivity contribution is 6.39. The molecule has 0 aliphatic carbocycles. The van der Waals surface area contributed by atoms with Gasteiger partial charge in [-0.15, -0.1) is 0 Å². The Morgan fingerprint density at radius 1 is 1.22 bits per heavy atom. The molecular weight excluding hydrogens is 348 g/mol. The van der Waals surface area contributed by atoms with E-state index in [0.29, 0.717) is 30.3 Å². The minimum atomic E-state index is -0.810. The van der Waals surface area contributed by atoms with Crippen molar-refractivity contribution in [1.29, 1.82) is 0 Å². The van der Waals surface area contributed by atoms with Crippen LogP contribution in [0, 0.1) is 18.8 Å². The third-order valence-corrected chi connectivity index (χ3v) is 4.17. The fourth-order valence-electron chi connectivity index (χ4n) is 2.65. The molecule has 0 spiro atoms. The Morgan fingerprint density at radius 3 is 2.52 bits per heavy atom. The molecule has 0 saturated heterocycles. The maximum atomic E-state index is 12.2. The average molecular weight is 374 g/mol. The maximum absolute atomic E-state index is 12.2. The zero-order valence-electron chi connectivity index (χ0n) is 16.4. The number of anilines is 1. The van der Waals surface area contributed by atoms with Gasteiger partial charge in [0.05, 0.1) is 11.6 Å². The molecule has 9 nitrogen and oxygen atoms in total. The van der Waals surface area contributed by atoms with E-state index in [1.165, 1.54) is 4.68 Å². The highest BCUT2D eigenvalue weighted by Crippen LogP contribution is 2.17. The van der Waals surface area contributed by atoms with Crippen LogP contribution in [0.15, 0.2) is 16.1 Å². The van der Waals surface area contributed by atoms with Gasteiger partial charge in [-0.3, -0.25) is 14.4 Å². The number of aromatic nitrogens is 2. The summed E-state index contributed by atoms with van der Waals surface area (Å²) >= 11 is 0. The number of hydrogen-bond acceptors (Lipinski definition) is 5. The van der Waals surface area contributed by atoms with Gasteiger partial charge in [-0.2, -0.15) is 14.8 Å². The summed E-state index contributed by atoms with van der Waals surface area (Å²) in [5.41, 5.74) is 1.23. The molecule has 0 saturated carbocycles. The summed E-state index contributed by atoms with van der Waals surface area (Å²) in [6.45, 7) is 9.87. The fraction of sp³-hybridized carbons (Fsp3) is 0.556. The van der Waals surface area contributed by atoms with E-state index >= 15 is 0 Å². The first kappa shape index (κ1) is 20.5. The first-order chi connectivity index (χ1) is 12.7. The molecule has 1 unspecified atom stereocenters. The molecule has 1 aliphatic rings. The molecule has 1 atom stereocenters. The molecule has 0 bridgehead atoms. The molecule has 146 valence electrons. The molecule has 27 heavy (non-hydrogen) atoms. The number of rotatable bonds is 5. The standard InChI is InChI=1S/C18H26N6O3/c1-6-13-12(5)20-18(22-15(13)25)24-14(9-11(4)23-24)21-17(27)16(26)19-8-7-10(2)3/h9-10,13H,6-8H2,1-5H3,(H,19,26)(H,21,27). The highest BCUT2D eigenvalue weighted by atomic mass is 16.2. The molecule has 1 aliphatic heterocycles. The highest BCUT2D eigenvalue weighted by Gasteiger charge is 2.27. The van der Waals surface area contributed by atoms with Gasteiger partial charge in [-0.05, 0) is 32.6 Å². The van der Waals surface area contributed by atoms with Gasteiger partial charge in [-0.25, -0.2) is 4.99 Å². The van der Waals surface area contributed by atoms with Gasteiger partial charge < -0.3 is 10.6 Å². The molecule has 0 fully saturated rings. The van der Waals surface area contributed by atoms with Gasteiger partial charge in [0.2, 0.25) is 0 Å². The van der Waals surface area contributed by atoms with Crippen molar-refractivity contribution >= 4 is 35.2 Å².